The molecule has 0 aromatic heterocycles. The maximum absolute atomic E-state index is 13.0. The molecule has 1 aromatic carbocycles. The van der Waals surface area contributed by atoms with Crippen LogP contribution in [0.1, 0.15) is 12.0 Å². The standard InChI is InChI=1S/C12H13F2IN2O.ClH/c1-7-2-3-8(4-9(7)15)17-11(18)10-5-12(13,14)6-16-10;/h2-4,10,16H,5-6H2,1H3,(H,17,18);1H. The minimum Gasteiger partial charge on any atom is -0.325 e. The summed E-state index contributed by atoms with van der Waals surface area (Å²) < 4.78 is 27.0. The first-order valence-corrected chi connectivity index (χ1v) is 6.63. The molecule has 1 saturated heterocycles. The summed E-state index contributed by atoms with van der Waals surface area (Å²) in [7, 11) is 0. The van der Waals surface area contributed by atoms with Gasteiger partial charge in [-0.05, 0) is 47.2 Å². The van der Waals surface area contributed by atoms with Crippen LogP contribution in [-0.4, -0.2) is 24.4 Å². The van der Waals surface area contributed by atoms with Crippen LogP contribution in [0.15, 0.2) is 18.2 Å². The zero-order chi connectivity index (χ0) is 13.3. The number of alkyl halides is 2. The number of benzene rings is 1. The number of anilines is 1. The fourth-order valence-corrected chi connectivity index (χ4v) is 2.32. The van der Waals surface area contributed by atoms with Gasteiger partial charge in [-0.25, -0.2) is 8.78 Å². The summed E-state index contributed by atoms with van der Waals surface area (Å²) in [6.07, 6.45) is -0.443. The van der Waals surface area contributed by atoms with E-state index in [1.165, 1.54) is 0 Å². The van der Waals surface area contributed by atoms with Crippen LogP contribution >= 0.6 is 35.0 Å². The topological polar surface area (TPSA) is 41.1 Å². The first-order chi connectivity index (χ1) is 8.37. The largest absolute Gasteiger partial charge is 0.325 e. The Morgan fingerprint density at radius 1 is 1.53 bits per heavy atom. The van der Waals surface area contributed by atoms with E-state index >= 15 is 0 Å². The average Bonchev–Trinajstić information content (AvgIpc) is 2.64. The minimum absolute atomic E-state index is 0. The summed E-state index contributed by atoms with van der Waals surface area (Å²) >= 11 is 2.16. The van der Waals surface area contributed by atoms with Crippen LogP contribution in [0.2, 0.25) is 0 Å². The molecule has 0 bridgehead atoms. The zero-order valence-corrected chi connectivity index (χ0v) is 13.1. The highest BCUT2D eigenvalue weighted by molar-refractivity contribution is 14.1. The highest BCUT2D eigenvalue weighted by atomic mass is 127. The molecule has 2 rings (SSSR count). The van der Waals surface area contributed by atoms with E-state index in [0.29, 0.717) is 5.69 Å². The van der Waals surface area contributed by atoms with E-state index in [1.807, 2.05) is 19.1 Å². The molecule has 0 spiro atoms. The Bertz CT molecular complexity index is 485. The van der Waals surface area contributed by atoms with E-state index in [4.69, 9.17) is 0 Å². The lowest BCUT2D eigenvalue weighted by Crippen LogP contribution is -2.35. The van der Waals surface area contributed by atoms with Crippen molar-refractivity contribution in [3.05, 3.63) is 27.3 Å². The van der Waals surface area contributed by atoms with Crippen LogP contribution < -0.4 is 10.6 Å². The third-order valence-electron chi connectivity index (χ3n) is 2.87. The van der Waals surface area contributed by atoms with E-state index in [9.17, 15) is 13.6 Å². The Hall–Kier alpha value is -0.470. The Balaban J connectivity index is 0.00000180. The molecule has 0 radical (unpaired) electrons. The number of hydrogen-bond acceptors (Lipinski definition) is 2. The van der Waals surface area contributed by atoms with E-state index in [1.54, 1.807) is 6.07 Å². The fraction of sp³-hybridized carbons (Fsp3) is 0.417. The summed E-state index contributed by atoms with van der Waals surface area (Å²) in [4.78, 5) is 11.8. The van der Waals surface area contributed by atoms with Crippen molar-refractivity contribution in [1.29, 1.82) is 0 Å². The fourth-order valence-electron chi connectivity index (χ4n) is 1.80. The number of halogens is 4. The number of carbonyl (C=O) groups is 1. The number of aryl methyl sites for hydroxylation is 1. The smallest absolute Gasteiger partial charge is 0.262 e. The Kier molecular flexibility index (Phi) is 5.52. The molecule has 0 saturated carbocycles. The average molecular weight is 403 g/mol. The van der Waals surface area contributed by atoms with Crippen molar-refractivity contribution in [1.82, 2.24) is 5.32 Å². The van der Waals surface area contributed by atoms with Crippen molar-refractivity contribution in [3.8, 4) is 0 Å². The summed E-state index contributed by atoms with van der Waals surface area (Å²) in [6, 6.07) is 4.65. The predicted octanol–water partition coefficient (Wildman–Crippen LogP) is 2.96. The van der Waals surface area contributed by atoms with Crippen LogP contribution in [0.25, 0.3) is 0 Å². The minimum atomic E-state index is -2.79. The van der Waals surface area contributed by atoms with Crippen molar-refractivity contribution < 1.29 is 13.6 Å². The van der Waals surface area contributed by atoms with Crippen LogP contribution in [0.4, 0.5) is 14.5 Å². The maximum atomic E-state index is 13.0. The molecule has 7 heteroatoms. The van der Waals surface area contributed by atoms with Gasteiger partial charge in [0.05, 0.1) is 12.6 Å². The van der Waals surface area contributed by atoms with Crippen molar-refractivity contribution in [2.45, 2.75) is 25.3 Å². The third kappa shape index (κ3) is 4.25. The van der Waals surface area contributed by atoms with Gasteiger partial charge < -0.3 is 5.32 Å². The molecule has 1 unspecified atom stereocenters. The van der Waals surface area contributed by atoms with Crippen molar-refractivity contribution in [2.24, 2.45) is 0 Å². The maximum Gasteiger partial charge on any atom is 0.262 e. The molecular formula is C12H14ClF2IN2O. The lowest BCUT2D eigenvalue weighted by Gasteiger charge is -2.12. The summed E-state index contributed by atoms with van der Waals surface area (Å²) in [6.45, 7) is 1.53. The van der Waals surface area contributed by atoms with Crippen molar-refractivity contribution in [3.63, 3.8) is 0 Å². The second-order valence-electron chi connectivity index (χ2n) is 4.45. The van der Waals surface area contributed by atoms with Crippen LogP contribution in [-0.2, 0) is 4.79 Å². The molecule has 106 valence electrons. The third-order valence-corrected chi connectivity index (χ3v) is 4.03. The van der Waals surface area contributed by atoms with Crippen LogP contribution in [0, 0.1) is 10.5 Å². The summed E-state index contributed by atoms with van der Waals surface area (Å²) in [5, 5.41) is 5.18. The quantitative estimate of drug-likeness (QED) is 0.747. The van der Waals surface area contributed by atoms with Gasteiger partial charge in [-0.15, -0.1) is 12.4 Å². The van der Waals surface area contributed by atoms with Gasteiger partial charge in [0.15, 0.2) is 0 Å². The number of hydrogen-bond donors (Lipinski definition) is 2. The highest BCUT2D eigenvalue weighted by Gasteiger charge is 2.42. The number of rotatable bonds is 2. The molecule has 1 atom stereocenters. The van der Waals surface area contributed by atoms with Gasteiger partial charge in [0.2, 0.25) is 5.91 Å². The summed E-state index contributed by atoms with van der Waals surface area (Å²) in [5.41, 5.74) is 1.74. The van der Waals surface area contributed by atoms with Gasteiger partial charge in [-0.2, -0.15) is 0 Å². The second kappa shape index (κ2) is 6.32. The van der Waals surface area contributed by atoms with Crippen molar-refractivity contribution >= 4 is 46.6 Å². The van der Waals surface area contributed by atoms with Gasteiger partial charge in [-0.1, -0.05) is 6.07 Å². The first kappa shape index (κ1) is 16.6. The van der Waals surface area contributed by atoms with Crippen LogP contribution in [0.3, 0.4) is 0 Å². The Labute approximate surface area is 130 Å². The zero-order valence-electron chi connectivity index (χ0n) is 10.2. The lowest BCUT2D eigenvalue weighted by molar-refractivity contribution is -0.118. The number of carbonyl (C=O) groups excluding carboxylic acids is 1. The molecule has 1 fully saturated rings. The highest BCUT2D eigenvalue weighted by Crippen LogP contribution is 2.26. The predicted molar refractivity (Wildman–Crippen MR) is 81.1 cm³/mol. The monoisotopic (exact) mass is 402 g/mol. The normalized spacial score (nSPS) is 20.7. The Morgan fingerprint density at radius 3 is 2.74 bits per heavy atom. The van der Waals surface area contributed by atoms with Crippen molar-refractivity contribution in [2.75, 3.05) is 11.9 Å². The molecule has 1 amide bonds. The SMILES string of the molecule is Cc1ccc(NC(=O)C2CC(F)(F)CN2)cc1I.Cl. The van der Waals surface area contributed by atoms with Crippen LogP contribution in [0.5, 0.6) is 0 Å². The van der Waals surface area contributed by atoms with E-state index in [2.05, 4.69) is 33.2 Å². The molecule has 1 heterocycles. The van der Waals surface area contributed by atoms with Gasteiger partial charge in [0.25, 0.3) is 5.92 Å². The van der Waals surface area contributed by atoms with Gasteiger partial charge >= 0.3 is 0 Å². The molecule has 3 nitrogen and oxygen atoms in total. The van der Waals surface area contributed by atoms with Gasteiger partial charge in [0, 0.05) is 15.7 Å². The second-order valence-corrected chi connectivity index (χ2v) is 5.61. The molecule has 0 aliphatic carbocycles. The molecule has 19 heavy (non-hydrogen) atoms. The lowest BCUT2D eigenvalue weighted by atomic mass is 10.1. The van der Waals surface area contributed by atoms with Gasteiger partial charge in [0.1, 0.15) is 0 Å². The van der Waals surface area contributed by atoms with Gasteiger partial charge in [-0.3, -0.25) is 10.1 Å². The van der Waals surface area contributed by atoms with E-state index < -0.39 is 30.8 Å². The van der Waals surface area contributed by atoms with E-state index in [-0.39, 0.29) is 12.4 Å². The number of amides is 1. The number of nitrogens with one attached hydrogen (secondary N) is 2. The molecular weight excluding hydrogens is 388 g/mol. The summed E-state index contributed by atoms with van der Waals surface area (Å²) in [5.74, 6) is -3.20. The molecule has 1 aliphatic rings. The molecule has 1 aromatic rings. The van der Waals surface area contributed by atoms with E-state index in [0.717, 1.165) is 9.13 Å². The molecule has 2 N–H and O–H groups in total. The first-order valence-electron chi connectivity index (χ1n) is 5.56. The molecule has 1 aliphatic heterocycles. The Morgan fingerprint density at radius 2 is 2.21 bits per heavy atom.